The quantitative estimate of drug-likeness (QED) is 0.588. The second-order valence-electron chi connectivity index (χ2n) is 6.04. The Morgan fingerprint density at radius 1 is 1.07 bits per heavy atom. The number of carbonyl (C=O) groups excluding carboxylic acids is 2. The maximum Gasteiger partial charge on any atom is 0.291 e. The Kier molecular flexibility index (Phi) is 5.91. The van der Waals surface area contributed by atoms with Crippen LogP contribution in [-0.4, -0.2) is 18.4 Å². The Bertz CT molecular complexity index is 994. The lowest BCUT2D eigenvalue weighted by atomic mass is 10.1. The van der Waals surface area contributed by atoms with E-state index in [4.69, 9.17) is 9.15 Å². The maximum atomic E-state index is 12.6. The fourth-order valence-corrected chi connectivity index (χ4v) is 2.51. The topological polar surface area (TPSA) is 80.6 Å². The van der Waals surface area contributed by atoms with Crippen LogP contribution in [0.15, 0.2) is 77.9 Å². The van der Waals surface area contributed by atoms with Gasteiger partial charge in [0.25, 0.3) is 11.8 Å². The molecule has 0 fully saturated rings. The standard InChI is InChI=1S/C22H20N2O4/c1-3-11-27-18-7-4-6-17(14-18)23-21(25)16-10-9-15(2)19(13-16)24-22(26)20-8-5-12-28-20/h3-10,12-14H,1,11H2,2H3,(H,23,25)(H,24,26). The second-order valence-corrected chi connectivity index (χ2v) is 6.04. The summed E-state index contributed by atoms with van der Waals surface area (Å²) in [7, 11) is 0. The molecule has 0 aliphatic heterocycles. The summed E-state index contributed by atoms with van der Waals surface area (Å²) in [5, 5.41) is 5.59. The molecule has 0 atom stereocenters. The van der Waals surface area contributed by atoms with Crippen molar-refractivity contribution in [3.05, 3.63) is 90.4 Å². The summed E-state index contributed by atoms with van der Waals surface area (Å²) in [5.74, 6) is 0.158. The molecule has 6 nitrogen and oxygen atoms in total. The van der Waals surface area contributed by atoms with E-state index in [2.05, 4.69) is 17.2 Å². The van der Waals surface area contributed by atoms with E-state index in [1.165, 1.54) is 6.26 Å². The van der Waals surface area contributed by atoms with Gasteiger partial charge in [0.15, 0.2) is 5.76 Å². The van der Waals surface area contributed by atoms with Crippen molar-refractivity contribution in [3.63, 3.8) is 0 Å². The average molecular weight is 376 g/mol. The molecular weight excluding hydrogens is 356 g/mol. The van der Waals surface area contributed by atoms with Gasteiger partial charge in [-0.25, -0.2) is 0 Å². The first-order chi connectivity index (χ1) is 13.6. The lowest BCUT2D eigenvalue weighted by Crippen LogP contribution is -2.15. The molecule has 0 spiro atoms. The smallest absolute Gasteiger partial charge is 0.291 e. The molecule has 2 amide bonds. The Morgan fingerprint density at radius 2 is 1.93 bits per heavy atom. The third kappa shape index (κ3) is 4.67. The summed E-state index contributed by atoms with van der Waals surface area (Å²) >= 11 is 0. The van der Waals surface area contributed by atoms with Crippen LogP contribution in [-0.2, 0) is 0 Å². The van der Waals surface area contributed by atoms with E-state index in [1.54, 1.807) is 60.7 Å². The van der Waals surface area contributed by atoms with Gasteiger partial charge < -0.3 is 19.8 Å². The van der Waals surface area contributed by atoms with Crippen LogP contribution in [0, 0.1) is 6.92 Å². The number of nitrogens with one attached hydrogen (secondary N) is 2. The monoisotopic (exact) mass is 376 g/mol. The molecular formula is C22H20N2O4. The average Bonchev–Trinajstić information content (AvgIpc) is 3.23. The van der Waals surface area contributed by atoms with E-state index >= 15 is 0 Å². The molecule has 3 aromatic rings. The highest BCUT2D eigenvalue weighted by molar-refractivity contribution is 6.07. The predicted octanol–water partition coefficient (Wildman–Crippen LogP) is 4.66. The number of benzene rings is 2. The van der Waals surface area contributed by atoms with Gasteiger partial charge >= 0.3 is 0 Å². The number of hydrogen-bond acceptors (Lipinski definition) is 4. The van der Waals surface area contributed by atoms with Crippen LogP contribution in [0.5, 0.6) is 5.75 Å². The van der Waals surface area contributed by atoms with Crippen LogP contribution in [0.25, 0.3) is 0 Å². The van der Waals surface area contributed by atoms with Gasteiger partial charge in [0.05, 0.1) is 6.26 Å². The number of amides is 2. The highest BCUT2D eigenvalue weighted by Gasteiger charge is 2.13. The molecule has 1 aromatic heterocycles. The van der Waals surface area contributed by atoms with Gasteiger partial charge in [-0.3, -0.25) is 9.59 Å². The number of aryl methyl sites for hydroxylation is 1. The Balaban J connectivity index is 1.73. The second kappa shape index (κ2) is 8.73. The van der Waals surface area contributed by atoms with Crippen LogP contribution in [0.3, 0.4) is 0 Å². The summed E-state index contributed by atoms with van der Waals surface area (Å²) in [4.78, 5) is 24.8. The molecule has 6 heteroatoms. The Morgan fingerprint density at radius 3 is 2.68 bits per heavy atom. The largest absolute Gasteiger partial charge is 0.489 e. The van der Waals surface area contributed by atoms with Crippen molar-refractivity contribution in [1.82, 2.24) is 0 Å². The van der Waals surface area contributed by atoms with Gasteiger partial charge in [-0.05, 0) is 48.9 Å². The van der Waals surface area contributed by atoms with Crippen LogP contribution < -0.4 is 15.4 Å². The summed E-state index contributed by atoms with van der Waals surface area (Å²) in [6.45, 7) is 5.84. The first-order valence-corrected chi connectivity index (χ1v) is 8.67. The van der Waals surface area contributed by atoms with Crippen molar-refractivity contribution >= 4 is 23.2 Å². The number of furan rings is 1. The molecule has 0 bridgehead atoms. The van der Waals surface area contributed by atoms with Crippen LogP contribution in [0.1, 0.15) is 26.5 Å². The predicted molar refractivity (Wildman–Crippen MR) is 108 cm³/mol. The van der Waals surface area contributed by atoms with Crippen molar-refractivity contribution in [2.45, 2.75) is 6.92 Å². The number of anilines is 2. The molecule has 3 rings (SSSR count). The summed E-state index contributed by atoms with van der Waals surface area (Å²) < 4.78 is 10.6. The molecule has 1 heterocycles. The normalized spacial score (nSPS) is 10.2. The zero-order valence-electron chi connectivity index (χ0n) is 15.4. The summed E-state index contributed by atoms with van der Waals surface area (Å²) in [6, 6.07) is 15.4. The van der Waals surface area contributed by atoms with Gasteiger partial charge in [0.2, 0.25) is 0 Å². The van der Waals surface area contributed by atoms with E-state index in [1.807, 2.05) is 6.92 Å². The van der Waals surface area contributed by atoms with Crippen molar-refractivity contribution in [2.24, 2.45) is 0 Å². The fourth-order valence-electron chi connectivity index (χ4n) is 2.51. The van der Waals surface area contributed by atoms with E-state index in [0.29, 0.717) is 29.3 Å². The molecule has 2 aromatic carbocycles. The molecule has 28 heavy (non-hydrogen) atoms. The number of rotatable bonds is 7. The minimum atomic E-state index is -0.377. The van der Waals surface area contributed by atoms with Crippen molar-refractivity contribution in [3.8, 4) is 5.75 Å². The van der Waals surface area contributed by atoms with Gasteiger partial charge in [-0.1, -0.05) is 24.8 Å². The maximum absolute atomic E-state index is 12.6. The number of hydrogen-bond donors (Lipinski definition) is 2. The van der Waals surface area contributed by atoms with Crippen LogP contribution in [0.4, 0.5) is 11.4 Å². The number of ether oxygens (including phenoxy) is 1. The lowest BCUT2D eigenvalue weighted by molar-refractivity contribution is 0.0993. The Labute approximate surface area is 162 Å². The zero-order valence-corrected chi connectivity index (χ0v) is 15.4. The molecule has 0 aliphatic rings. The molecule has 0 saturated carbocycles. The summed E-state index contributed by atoms with van der Waals surface area (Å²) in [5.41, 5.74) is 2.39. The van der Waals surface area contributed by atoms with E-state index < -0.39 is 0 Å². The molecule has 0 saturated heterocycles. The SMILES string of the molecule is C=CCOc1cccc(NC(=O)c2ccc(C)c(NC(=O)c3ccco3)c2)c1. The first kappa shape index (κ1) is 19.0. The molecule has 0 unspecified atom stereocenters. The third-order valence-electron chi connectivity index (χ3n) is 3.95. The van der Waals surface area contributed by atoms with Gasteiger partial charge in [0.1, 0.15) is 12.4 Å². The summed E-state index contributed by atoms with van der Waals surface area (Å²) in [6.07, 6.45) is 3.08. The van der Waals surface area contributed by atoms with Crippen molar-refractivity contribution in [1.29, 1.82) is 0 Å². The van der Waals surface area contributed by atoms with Crippen LogP contribution >= 0.6 is 0 Å². The zero-order chi connectivity index (χ0) is 19.9. The minimum Gasteiger partial charge on any atom is -0.489 e. The highest BCUT2D eigenvalue weighted by atomic mass is 16.5. The lowest BCUT2D eigenvalue weighted by Gasteiger charge is -2.11. The fraction of sp³-hybridized carbons (Fsp3) is 0.0909. The van der Waals surface area contributed by atoms with Gasteiger partial charge in [0, 0.05) is 23.0 Å². The third-order valence-corrected chi connectivity index (χ3v) is 3.95. The molecule has 2 N–H and O–H groups in total. The first-order valence-electron chi connectivity index (χ1n) is 8.67. The molecule has 0 aliphatic carbocycles. The van der Waals surface area contributed by atoms with Crippen molar-refractivity contribution in [2.75, 3.05) is 17.2 Å². The molecule has 0 radical (unpaired) electrons. The number of carbonyl (C=O) groups is 2. The van der Waals surface area contributed by atoms with Gasteiger partial charge in [-0.15, -0.1) is 0 Å². The van der Waals surface area contributed by atoms with Gasteiger partial charge in [-0.2, -0.15) is 0 Å². The minimum absolute atomic E-state index is 0.200. The molecule has 142 valence electrons. The van der Waals surface area contributed by atoms with E-state index in [-0.39, 0.29) is 17.6 Å². The van der Waals surface area contributed by atoms with E-state index in [9.17, 15) is 9.59 Å². The van der Waals surface area contributed by atoms with Crippen molar-refractivity contribution < 1.29 is 18.7 Å². The highest BCUT2D eigenvalue weighted by Crippen LogP contribution is 2.21. The van der Waals surface area contributed by atoms with Crippen LogP contribution in [0.2, 0.25) is 0 Å². The van der Waals surface area contributed by atoms with E-state index in [0.717, 1.165) is 5.56 Å². The Hall–Kier alpha value is -3.80.